The van der Waals surface area contributed by atoms with E-state index in [1.165, 1.54) is 6.20 Å². The maximum atomic E-state index is 12.4. The lowest BCUT2D eigenvalue weighted by atomic mass is 10.2. The molecule has 0 aliphatic carbocycles. The molecule has 0 amide bonds. The fourth-order valence-electron chi connectivity index (χ4n) is 3.12. The SMILES string of the molecule is O=c1[nH]c(NCCc2nc(-c3ccc(Cl)cc3)no2)nc2c1cnn2-c1ccccc1. The van der Waals surface area contributed by atoms with Crippen molar-refractivity contribution in [1.82, 2.24) is 29.9 Å². The quantitative estimate of drug-likeness (QED) is 0.421. The molecule has 2 N–H and O–H groups in total. The molecule has 0 unspecified atom stereocenters. The summed E-state index contributed by atoms with van der Waals surface area (Å²) in [6.45, 7) is 0.441. The van der Waals surface area contributed by atoms with Crippen LogP contribution in [0.15, 0.2) is 70.1 Å². The van der Waals surface area contributed by atoms with Crippen LogP contribution in [0, 0.1) is 0 Å². The van der Waals surface area contributed by atoms with Gasteiger partial charge in [-0.1, -0.05) is 35.0 Å². The lowest BCUT2D eigenvalue weighted by Crippen LogP contribution is -2.15. The first kappa shape index (κ1) is 19.0. The minimum atomic E-state index is -0.266. The number of rotatable bonds is 6. The summed E-state index contributed by atoms with van der Waals surface area (Å²) < 4.78 is 6.94. The third kappa shape index (κ3) is 3.90. The lowest BCUT2D eigenvalue weighted by molar-refractivity contribution is 0.381. The van der Waals surface area contributed by atoms with Crippen molar-refractivity contribution in [2.45, 2.75) is 6.42 Å². The molecule has 3 aromatic heterocycles. The number of para-hydroxylation sites is 1. The number of anilines is 1. The number of nitrogens with one attached hydrogen (secondary N) is 2. The van der Waals surface area contributed by atoms with Crippen LogP contribution < -0.4 is 10.9 Å². The summed E-state index contributed by atoms with van der Waals surface area (Å²) in [6, 6.07) is 16.7. The molecular weight excluding hydrogens is 418 g/mol. The summed E-state index contributed by atoms with van der Waals surface area (Å²) in [5.41, 5.74) is 1.85. The van der Waals surface area contributed by atoms with Crippen LogP contribution in [0.1, 0.15) is 5.89 Å². The molecule has 3 heterocycles. The number of hydrogen-bond donors (Lipinski definition) is 2. The van der Waals surface area contributed by atoms with Gasteiger partial charge < -0.3 is 9.84 Å². The molecule has 0 saturated carbocycles. The number of aromatic nitrogens is 6. The number of halogens is 1. The number of fused-ring (bicyclic) bond motifs is 1. The fraction of sp³-hybridized carbons (Fsp3) is 0.0952. The maximum Gasteiger partial charge on any atom is 0.263 e. The Labute approximate surface area is 180 Å². The van der Waals surface area contributed by atoms with Gasteiger partial charge in [0.25, 0.3) is 5.56 Å². The van der Waals surface area contributed by atoms with Gasteiger partial charge in [0.05, 0.1) is 11.9 Å². The van der Waals surface area contributed by atoms with E-state index in [1.807, 2.05) is 42.5 Å². The van der Waals surface area contributed by atoms with Gasteiger partial charge in [0.1, 0.15) is 5.39 Å². The molecule has 0 bridgehead atoms. The van der Waals surface area contributed by atoms with Gasteiger partial charge in [-0.15, -0.1) is 0 Å². The normalized spacial score (nSPS) is 11.1. The van der Waals surface area contributed by atoms with E-state index in [4.69, 9.17) is 16.1 Å². The monoisotopic (exact) mass is 433 g/mol. The van der Waals surface area contributed by atoms with E-state index in [9.17, 15) is 4.79 Å². The van der Waals surface area contributed by atoms with E-state index in [-0.39, 0.29) is 5.56 Å². The predicted octanol–water partition coefficient (Wildman–Crippen LogP) is 3.47. The van der Waals surface area contributed by atoms with Gasteiger partial charge in [-0.3, -0.25) is 9.78 Å². The molecular formula is C21H16ClN7O2. The van der Waals surface area contributed by atoms with E-state index < -0.39 is 0 Å². The van der Waals surface area contributed by atoms with Crippen molar-refractivity contribution < 1.29 is 4.52 Å². The molecule has 0 aliphatic rings. The Balaban J connectivity index is 1.31. The van der Waals surface area contributed by atoms with Gasteiger partial charge >= 0.3 is 0 Å². The highest BCUT2D eigenvalue weighted by Gasteiger charge is 2.12. The molecule has 0 saturated heterocycles. The van der Waals surface area contributed by atoms with E-state index in [0.29, 0.717) is 46.7 Å². The fourth-order valence-corrected chi connectivity index (χ4v) is 3.25. The van der Waals surface area contributed by atoms with Crippen molar-refractivity contribution in [2.75, 3.05) is 11.9 Å². The molecule has 0 atom stereocenters. The third-order valence-electron chi connectivity index (χ3n) is 4.64. The van der Waals surface area contributed by atoms with Crippen molar-refractivity contribution in [2.24, 2.45) is 0 Å². The number of aromatic amines is 1. The van der Waals surface area contributed by atoms with Gasteiger partial charge in [-0.05, 0) is 36.4 Å². The van der Waals surface area contributed by atoms with Gasteiger partial charge in [-0.2, -0.15) is 15.1 Å². The van der Waals surface area contributed by atoms with Gasteiger partial charge in [0.15, 0.2) is 5.65 Å². The van der Waals surface area contributed by atoms with Gasteiger partial charge in [-0.25, -0.2) is 4.68 Å². The molecule has 0 fully saturated rings. The predicted molar refractivity (Wildman–Crippen MR) is 116 cm³/mol. The van der Waals surface area contributed by atoms with Crippen LogP contribution in [0.5, 0.6) is 0 Å². The van der Waals surface area contributed by atoms with Crippen LogP contribution in [-0.2, 0) is 6.42 Å². The molecule has 9 nitrogen and oxygen atoms in total. The van der Waals surface area contributed by atoms with E-state index in [1.54, 1.807) is 16.8 Å². The Bertz CT molecular complexity index is 1390. The van der Waals surface area contributed by atoms with Crippen LogP contribution in [0.3, 0.4) is 0 Å². The zero-order chi connectivity index (χ0) is 21.2. The second kappa shape index (κ2) is 8.04. The minimum absolute atomic E-state index is 0.266. The van der Waals surface area contributed by atoms with Crippen molar-refractivity contribution in [3.05, 3.63) is 82.1 Å². The number of nitrogens with zero attached hydrogens (tertiary/aromatic N) is 5. The zero-order valence-electron chi connectivity index (χ0n) is 16.1. The molecule has 5 aromatic rings. The van der Waals surface area contributed by atoms with Crippen molar-refractivity contribution in [3.63, 3.8) is 0 Å². The Morgan fingerprint density at radius 2 is 1.87 bits per heavy atom. The largest absolute Gasteiger partial charge is 0.355 e. The summed E-state index contributed by atoms with van der Waals surface area (Å²) >= 11 is 5.91. The first-order valence-electron chi connectivity index (χ1n) is 9.53. The topological polar surface area (TPSA) is 115 Å². The number of hydrogen-bond acceptors (Lipinski definition) is 7. The molecule has 154 valence electrons. The summed E-state index contributed by atoms with van der Waals surface area (Å²) in [6.07, 6.45) is 1.97. The molecule has 31 heavy (non-hydrogen) atoms. The summed E-state index contributed by atoms with van der Waals surface area (Å²) in [5, 5.41) is 12.4. The first-order valence-corrected chi connectivity index (χ1v) is 9.91. The Morgan fingerprint density at radius 3 is 2.68 bits per heavy atom. The summed E-state index contributed by atoms with van der Waals surface area (Å²) in [7, 11) is 0. The molecule has 2 aromatic carbocycles. The van der Waals surface area contributed by atoms with E-state index in [2.05, 4.69) is 30.5 Å². The smallest absolute Gasteiger partial charge is 0.263 e. The lowest BCUT2D eigenvalue weighted by Gasteiger charge is -2.05. The van der Waals surface area contributed by atoms with Crippen LogP contribution in [0.4, 0.5) is 5.95 Å². The van der Waals surface area contributed by atoms with Crippen LogP contribution >= 0.6 is 11.6 Å². The van der Waals surface area contributed by atoms with Crippen LogP contribution in [0.25, 0.3) is 28.1 Å². The zero-order valence-corrected chi connectivity index (χ0v) is 16.9. The molecule has 10 heteroatoms. The number of H-pyrrole nitrogens is 1. The average Bonchev–Trinajstić information content (AvgIpc) is 3.43. The van der Waals surface area contributed by atoms with Crippen LogP contribution in [0.2, 0.25) is 5.02 Å². The second-order valence-electron chi connectivity index (χ2n) is 6.74. The van der Waals surface area contributed by atoms with Crippen molar-refractivity contribution in [1.29, 1.82) is 0 Å². The van der Waals surface area contributed by atoms with Gasteiger partial charge in [0.2, 0.25) is 17.7 Å². The van der Waals surface area contributed by atoms with Crippen molar-refractivity contribution in [3.8, 4) is 17.1 Å². The Morgan fingerprint density at radius 1 is 1.06 bits per heavy atom. The third-order valence-corrected chi connectivity index (χ3v) is 4.89. The highest BCUT2D eigenvalue weighted by molar-refractivity contribution is 6.30. The molecule has 5 rings (SSSR count). The first-order chi connectivity index (χ1) is 15.2. The molecule has 0 aliphatic heterocycles. The average molecular weight is 434 g/mol. The van der Waals surface area contributed by atoms with Crippen molar-refractivity contribution >= 4 is 28.6 Å². The maximum absolute atomic E-state index is 12.4. The van der Waals surface area contributed by atoms with Crippen LogP contribution in [-0.4, -0.2) is 36.4 Å². The second-order valence-corrected chi connectivity index (χ2v) is 7.18. The summed E-state index contributed by atoms with van der Waals surface area (Å²) in [4.78, 5) is 24.1. The Hall–Kier alpha value is -3.98. The standard InChI is InChI=1S/C21H16ClN7O2/c22-14-8-6-13(7-9-14)18-25-17(31-28-18)10-11-23-21-26-19-16(20(30)27-21)12-24-29(19)15-4-2-1-3-5-15/h1-9,12H,10-11H2,(H2,23,26,27,30). The molecule has 0 spiro atoms. The summed E-state index contributed by atoms with van der Waals surface area (Å²) in [5.74, 6) is 1.30. The highest BCUT2D eigenvalue weighted by Crippen LogP contribution is 2.19. The van der Waals surface area contributed by atoms with Gasteiger partial charge in [0, 0.05) is 23.6 Å². The number of benzene rings is 2. The molecule has 0 radical (unpaired) electrons. The minimum Gasteiger partial charge on any atom is -0.355 e. The van der Waals surface area contributed by atoms with E-state index in [0.717, 1.165) is 11.3 Å². The Kier molecular flexibility index (Phi) is 4.93. The van der Waals surface area contributed by atoms with E-state index >= 15 is 0 Å². The highest BCUT2D eigenvalue weighted by atomic mass is 35.5.